The molecular formula is C21H35NO4. The van der Waals surface area contributed by atoms with E-state index in [4.69, 9.17) is 14.2 Å². The van der Waals surface area contributed by atoms with E-state index in [9.17, 15) is 4.79 Å². The highest BCUT2D eigenvalue weighted by atomic mass is 16.7. The average Bonchev–Trinajstić information content (AvgIpc) is 2.61. The van der Waals surface area contributed by atoms with Crippen molar-refractivity contribution in [1.29, 1.82) is 0 Å². The zero-order valence-corrected chi connectivity index (χ0v) is 16.8. The lowest BCUT2D eigenvalue weighted by atomic mass is 9.46. The normalized spacial score (nSPS) is 42.7. The van der Waals surface area contributed by atoms with Gasteiger partial charge < -0.3 is 19.5 Å². The van der Waals surface area contributed by atoms with Gasteiger partial charge in [-0.1, -0.05) is 26.0 Å². The molecule has 6 atom stereocenters. The zero-order valence-electron chi connectivity index (χ0n) is 16.8. The van der Waals surface area contributed by atoms with Crippen LogP contribution < -0.4 is 5.32 Å². The molecule has 148 valence electrons. The molecule has 5 nitrogen and oxygen atoms in total. The molecule has 0 aromatic heterocycles. The van der Waals surface area contributed by atoms with Crippen molar-refractivity contribution < 1.29 is 19.0 Å². The van der Waals surface area contributed by atoms with Crippen molar-refractivity contribution in [2.75, 3.05) is 26.8 Å². The summed E-state index contributed by atoms with van der Waals surface area (Å²) >= 11 is 0. The summed E-state index contributed by atoms with van der Waals surface area (Å²) in [7, 11) is 1.42. The third-order valence-electron chi connectivity index (χ3n) is 7.41. The van der Waals surface area contributed by atoms with Gasteiger partial charge in [0.05, 0.1) is 26.4 Å². The molecule has 0 amide bonds. The van der Waals surface area contributed by atoms with E-state index in [-0.39, 0.29) is 29.6 Å². The molecule has 1 saturated heterocycles. The highest BCUT2D eigenvalue weighted by Crippen LogP contribution is 2.63. The molecule has 0 aromatic carbocycles. The maximum Gasteiger partial charge on any atom is 0.319 e. The van der Waals surface area contributed by atoms with Crippen molar-refractivity contribution in [3.63, 3.8) is 0 Å². The van der Waals surface area contributed by atoms with Crippen LogP contribution in [-0.2, 0) is 19.0 Å². The Labute approximate surface area is 157 Å². The first kappa shape index (κ1) is 19.8. The lowest BCUT2D eigenvalue weighted by Gasteiger charge is -2.62. The van der Waals surface area contributed by atoms with Gasteiger partial charge in [-0.2, -0.15) is 0 Å². The number of methoxy groups -OCH3 is 1. The van der Waals surface area contributed by atoms with Gasteiger partial charge in [-0.3, -0.25) is 4.79 Å². The van der Waals surface area contributed by atoms with E-state index in [0.29, 0.717) is 17.9 Å². The average molecular weight is 366 g/mol. The van der Waals surface area contributed by atoms with Gasteiger partial charge in [-0.15, -0.1) is 0 Å². The molecule has 3 rings (SSSR count). The summed E-state index contributed by atoms with van der Waals surface area (Å²) in [6, 6.07) is 0. The van der Waals surface area contributed by atoms with Crippen molar-refractivity contribution in [1.82, 2.24) is 5.32 Å². The lowest BCUT2D eigenvalue weighted by Crippen LogP contribution is -2.61. The first-order chi connectivity index (χ1) is 12.3. The molecule has 26 heavy (non-hydrogen) atoms. The summed E-state index contributed by atoms with van der Waals surface area (Å²) in [5.41, 5.74) is 1.68. The van der Waals surface area contributed by atoms with Gasteiger partial charge in [0, 0.05) is 5.41 Å². The molecule has 3 fully saturated rings. The Morgan fingerprint density at radius 3 is 2.85 bits per heavy atom. The second-order valence-electron chi connectivity index (χ2n) is 8.90. The number of allylic oxidation sites excluding steroid dienone is 1. The minimum Gasteiger partial charge on any atom is -0.468 e. The highest BCUT2D eigenvalue weighted by Gasteiger charge is 2.59. The number of carbonyl (C=O) groups excluding carboxylic acids is 1. The first-order valence-corrected chi connectivity index (χ1v) is 10.0. The van der Waals surface area contributed by atoms with Gasteiger partial charge in [0.2, 0.25) is 0 Å². The van der Waals surface area contributed by atoms with E-state index in [1.165, 1.54) is 25.5 Å². The molecule has 0 radical (unpaired) electrons. The molecule has 2 saturated carbocycles. The summed E-state index contributed by atoms with van der Waals surface area (Å²) in [6.45, 7) is 13.1. The Hall–Kier alpha value is -0.910. The number of fused-ring (bicyclic) bond motifs is 3. The van der Waals surface area contributed by atoms with Crippen LogP contribution in [-0.4, -0.2) is 45.2 Å². The molecule has 2 aliphatic carbocycles. The smallest absolute Gasteiger partial charge is 0.319 e. The number of ether oxygens (including phenoxy) is 3. The maximum atomic E-state index is 11.3. The summed E-state index contributed by atoms with van der Waals surface area (Å²) in [4.78, 5) is 11.3. The molecular weight excluding hydrogens is 330 g/mol. The van der Waals surface area contributed by atoms with E-state index in [2.05, 4.69) is 25.7 Å². The Balaban J connectivity index is 1.71. The van der Waals surface area contributed by atoms with Crippen LogP contribution >= 0.6 is 0 Å². The molecule has 0 bridgehead atoms. The van der Waals surface area contributed by atoms with Gasteiger partial charge in [0.15, 0.2) is 6.29 Å². The zero-order chi connectivity index (χ0) is 18.9. The van der Waals surface area contributed by atoms with Crippen LogP contribution in [0.25, 0.3) is 0 Å². The third-order valence-corrected chi connectivity index (χ3v) is 7.41. The standard InChI is InChI=1S/C21H35NO4/c1-14-6-7-17-20(3,16(14)9-11-22-12-19(23)24-5)10-8-18-21(17,4)13-25-15(2)26-18/h15-18,22H,1,6-13H2,2-5H3/t15-,16-,17?,18-,20+,21+/m1/s1. The number of carbonyl (C=O) groups is 1. The summed E-state index contributed by atoms with van der Waals surface area (Å²) < 4.78 is 16.8. The van der Waals surface area contributed by atoms with Crippen molar-refractivity contribution in [2.45, 2.75) is 65.3 Å². The molecule has 1 unspecified atom stereocenters. The van der Waals surface area contributed by atoms with Crippen LogP contribution in [0.3, 0.4) is 0 Å². The van der Waals surface area contributed by atoms with E-state index < -0.39 is 0 Å². The molecule has 1 heterocycles. The molecule has 3 aliphatic rings. The third kappa shape index (κ3) is 3.46. The van der Waals surface area contributed by atoms with Gasteiger partial charge in [-0.25, -0.2) is 0 Å². The predicted octanol–water partition coefficient (Wildman–Crippen LogP) is 3.29. The van der Waals surface area contributed by atoms with Gasteiger partial charge in [-0.05, 0) is 62.8 Å². The van der Waals surface area contributed by atoms with Crippen LogP contribution in [0.5, 0.6) is 0 Å². The molecule has 1 aliphatic heterocycles. The number of rotatable bonds is 5. The van der Waals surface area contributed by atoms with E-state index in [0.717, 1.165) is 32.4 Å². The van der Waals surface area contributed by atoms with Crippen molar-refractivity contribution in [2.24, 2.45) is 22.7 Å². The quantitative estimate of drug-likeness (QED) is 0.460. The fraction of sp³-hybridized carbons (Fsp3) is 0.857. The monoisotopic (exact) mass is 365 g/mol. The lowest BCUT2D eigenvalue weighted by molar-refractivity contribution is -0.297. The van der Waals surface area contributed by atoms with Gasteiger partial charge in [0.1, 0.15) is 0 Å². The fourth-order valence-corrected chi connectivity index (χ4v) is 6.00. The van der Waals surface area contributed by atoms with Crippen LogP contribution in [0.2, 0.25) is 0 Å². The fourth-order valence-electron chi connectivity index (χ4n) is 6.00. The molecule has 1 N–H and O–H groups in total. The molecule has 5 heteroatoms. The Kier molecular flexibility index (Phi) is 5.80. The van der Waals surface area contributed by atoms with Crippen LogP contribution in [0.15, 0.2) is 12.2 Å². The number of hydrogen-bond donors (Lipinski definition) is 1. The number of hydrogen-bond acceptors (Lipinski definition) is 5. The minimum absolute atomic E-state index is 0.0813. The molecule has 0 aromatic rings. The SMILES string of the molecule is C=C1CCC2[C@]3(C)CO[C@@H](C)O[C@@H]3CC[C@@]2(C)[C@@H]1CCNCC(=O)OC. The van der Waals surface area contributed by atoms with Crippen molar-refractivity contribution in [3.05, 3.63) is 12.2 Å². The van der Waals surface area contributed by atoms with Crippen LogP contribution in [0.1, 0.15) is 52.9 Å². The highest BCUT2D eigenvalue weighted by molar-refractivity contribution is 5.71. The summed E-state index contributed by atoms with van der Waals surface area (Å²) in [6.07, 6.45) is 5.75. The van der Waals surface area contributed by atoms with Crippen molar-refractivity contribution >= 4 is 5.97 Å². The Morgan fingerprint density at radius 1 is 1.35 bits per heavy atom. The maximum absolute atomic E-state index is 11.3. The summed E-state index contributed by atoms with van der Waals surface area (Å²) in [5.74, 6) is 0.844. The Bertz CT molecular complexity index is 550. The largest absolute Gasteiger partial charge is 0.468 e. The van der Waals surface area contributed by atoms with E-state index >= 15 is 0 Å². The van der Waals surface area contributed by atoms with Crippen LogP contribution in [0, 0.1) is 22.7 Å². The molecule has 0 spiro atoms. The van der Waals surface area contributed by atoms with E-state index in [1.807, 2.05) is 6.92 Å². The Morgan fingerprint density at radius 2 is 2.12 bits per heavy atom. The predicted molar refractivity (Wildman–Crippen MR) is 101 cm³/mol. The van der Waals surface area contributed by atoms with Gasteiger partial charge >= 0.3 is 5.97 Å². The van der Waals surface area contributed by atoms with Crippen LogP contribution in [0.4, 0.5) is 0 Å². The van der Waals surface area contributed by atoms with Gasteiger partial charge in [0.25, 0.3) is 0 Å². The topological polar surface area (TPSA) is 56.8 Å². The van der Waals surface area contributed by atoms with E-state index in [1.54, 1.807) is 0 Å². The number of esters is 1. The summed E-state index contributed by atoms with van der Waals surface area (Å²) in [5, 5.41) is 3.22. The minimum atomic E-state index is -0.213. The second-order valence-corrected chi connectivity index (χ2v) is 8.90. The number of nitrogens with one attached hydrogen (secondary N) is 1. The first-order valence-electron chi connectivity index (χ1n) is 10.0. The second kappa shape index (κ2) is 7.61. The van der Waals surface area contributed by atoms with Crippen molar-refractivity contribution in [3.8, 4) is 0 Å².